The lowest BCUT2D eigenvalue weighted by molar-refractivity contribution is -0.385. The number of carbonyl (C=O) groups is 2. The second kappa shape index (κ2) is 9.97. The molecule has 1 heterocycles. The molecule has 0 radical (unpaired) electrons. The third-order valence-corrected chi connectivity index (χ3v) is 5.00. The van der Waals surface area contributed by atoms with Crippen molar-refractivity contribution in [2.45, 2.75) is 6.04 Å². The molecule has 1 aliphatic heterocycles. The summed E-state index contributed by atoms with van der Waals surface area (Å²) in [6, 6.07) is 8.97. The van der Waals surface area contributed by atoms with Gasteiger partial charge >= 0.3 is 0 Å². The van der Waals surface area contributed by atoms with E-state index < -0.39 is 33.3 Å². The molecule has 0 aromatic heterocycles. The Hall–Kier alpha value is -4.16. The topological polar surface area (TPSA) is 173 Å². The van der Waals surface area contributed by atoms with E-state index in [9.17, 15) is 34.9 Å². The molecule has 2 aromatic rings. The molecular weight excluding hydrogens is 438 g/mol. The van der Waals surface area contributed by atoms with Crippen molar-refractivity contribution in [1.29, 1.82) is 0 Å². The standard InChI is InChI=1S/C21H19N3O9/c25-9-11-33-10-8-22-18(13-4-6-15(7-5-13)23(29)30)17(20(27)21(22)28)19(26)14-2-1-3-16(12-14)24(31)32/h1-7,12,18,25-26H,8-11H2/b19-17+. The van der Waals surface area contributed by atoms with Gasteiger partial charge in [0, 0.05) is 36.4 Å². The molecule has 0 bridgehead atoms. The monoisotopic (exact) mass is 457 g/mol. The third kappa shape index (κ3) is 4.86. The second-order valence-electron chi connectivity index (χ2n) is 6.98. The molecule has 33 heavy (non-hydrogen) atoms. The Morgan fingerprint density at radius 1 is 1.00 bits per heavy atom. The summed E-state index contributed by atoms with van der Waals surface area (Å²) in [6.07, 6.45) is 0. The van der Waals surface area contributed by atoms with Gasteiger partial charge in [0.15, 0.2) is 0 Å². The number of amides is 1. The van der Waals surface area contributed by atoms with Gasteiger partial charge in [0.25, 0.3) is 23.1 Å². The van der Waals surface area contributed by atoms with Gasteiger partial charge in [-0.15, -0.1) is 0 Å². The van der Waals surface area contributed by atoms with Crippen molar-refractivity contribution < 1.29 is 34.4 Å². The quantitative estimate of drug-likeness (QED) is 0.142. The Kier molecular flexibility index (Phi) is 7.10. The van der Waals surface area contributed by atoms with Crippen LogP contribution in [0.4, 0.5) is 11.4 Å². The largest absolute Gasteiger partial charge is 0.507 e. The number of carbonyl (C=O) groups excluding carboxylic acids is 2. The van der Waals surface area contributed by atoms with Crippen LogP contribution in [0.1, 0.15) is 17.2 Å². The predicted octanol–water partition coefficient (Wildman–Crippen LogP) is 1.93. The van der Waals surface area contributed by atoms with Gasteiger partial charge in [0.2, 0.25) is 0 Å². The van der Waals surface area contributed by atoms with Crippen LogP contribution in [-0.2, 0) is 14.3 Å². The normalized spacial score (nSPS) is 17.4. The predicted molar refractivity (Wildman–Crippen MR) is 113 cm³/mol. The number of ketones is 1. The Labute approximate surface area is 186 Å². The maximum absolute atomic E-state index is 12.9. The molecule has 12 nitrogen and oxygen atoms in total. The van der Waals surface area contributed by atoms with Crippen LogP contribution in [0.3, 0.4) is 0 Å². The Bertz CT molecular complexity index is 1130. The first kappa shape index (κ1) is 23.5. The maximum Gasteiger partial charge on any atom is 0.295 e. The average molecular weight is 457 g/mol. The Balaban J connectivity index is 2.10. The summed E-state index contributed by atoms with van der Waals surface area (Å²) in [4.78, 5) is 47.6. The third-order valence-electron chi connectivity index (χ3n) is 5.00. The lowest BCUT2D eigenvalue weighted by Crippen LogP contribution is -2.33. The fraction of sp³-hybridized carbons (Fsp3) is 0.238. The molecule has 0 aliphatic carbocycles. The van der Waals surface area contributed by atoms with Gasteiger partial charge in [0.05, 0.1) is 41.3 Å². The molecule has 1 aliphatic rings. The summed E-state index contributed by atoms with van der Waals surface area (Å²) in [5.41, 5.74) is -0.561. The number of nitro groups is 2. The minimum atomic E-state index is -1.11. The highest BCUT2D eigenvalue weighted by Gasteiger charge is 2.46. The van der Waals surface area contributed by atoms with Gasteiger partial charge in [-0.05, 0) is 17.7 Å². The van der Waals surface area contributed by atoms with Gasteiger partial charge in [-0.25, -0.2) is 0 Å². The van der Waals surface area contributed by atoms with Crippen molar-refractivity contribution in [3.8, 4) is 0 Å². The van der Waals surface area contributed by atoms with Crippen LogP contribution >= 0.6 is 0 Å². The van der Waals surface area contributed by atoms with Gasteiger partial charge in [-0.2, -0.15) is 0 Å². The number of aliphatic hydroxyl groups is 2. The van der Waals surface area contributed by atoms with Crippen molar-refractivity contribution >= 4 is 28.8 Å². The zero-order chi connectivity index (χ0) is 24.1. The van der Waals surface area contributed by atoms with E-state index in [1.807, 2.05) is 0 Å². The van der Waals surface area contributed by atoms with Crippen LogP contribution in [-0.4, -0.2) is 63.0 Å². The average Bonchev–Trinajstić information content (AvgIpc) is 3.06. The van der Waals surface area contributed by atoms with E-state index in [0.717, 1.165) is 11.0 Å². The lowest BCUT2D eigenvalue weighted by atomic mass is 9.95. The summed E-state index contributed by atoms with van der Waals surface area (Å²) in [5.74, 6) is -2.55. The van der Waals surface area contributed by atoms with E-state index >= 15 is 0 Å². The van der Waals surface area contributed by atoms with E-state index in [4.69, 9.17) is 9.84 Å². The first-order valence-electron chi connectivity index (χ1n) is 9.72. The summed E-state index contributed by atoms with van der Waals surface area (Å²) in [5, 5.41) is 41.9. The summed E-state index contributed by atoms with van der Waals surface area (Å²) in [7, 11) is 0. The van der Waals surface area contributed by atoms with Crippen molar-refractivity contribution in [3.63, 3.8) is 0 Å². The van der Waals surface area contributed by atoms with Gasteiger partial charge in [0.1, 0.15) is 5.76 Å². The van der Waals surface area contributed by atoms with Crippen LogP contribution < -0.4 is 0 Å². The highest BCUT2D eigenvalue weighted by Crippen LogP contribution is 2.40. The van der Waals surface area contributed by atoms with E-state index in [-0.39, 0.29) is 48.9 Å². The number of nitrogens with zero attached hydrogens (tertiary/aromatic N) is 3. The molecule has 1 unspecified atom stereocenters. The van der Waals surface area contributed by atoms with E-state index in [1.54, 1.807) is 0 Å². The molecule has 1 fully saturated rings. The molecule has 12 heteroatoms. The number of hydrogen-bond donors (Lipinski definition) is 2. The van der Waals surface area contributed by atoms with Crippen LogP contribution in [0.5, 0.6) is 0 Å². The van der Waals surface area contributed by atoms with Gasteiger partial charge < -0.3 is 19.8 Å². The molecule has 1 atom stereocenters. The molecule has 1 amide bonds. The minimum absolute atomic E-state index is 0.0137. The molecule has 1 saturated heterocycles. The van der Waals surface area contributed by atoms with Gasteiger partial charge in [-0.3, -0.25) is 29.8 Å². The van der Waals surface area contributed by atoms with Crippen molar-refractivity contribution in [1.82, 2.24) is 4.90 Å². The summed E-state index contributed by atoms with van der Waals surface area (Å²) < 4.78 is 5.19. The number of non-ortho nitro benzene ring substituents is 2. The number of benzene rings is 2. The summed E-state index contributed by atoms with van der Waals surface area (Å²) in [6.45, 7) is -0.316. The van der Waals surface area contributed by atoms with Gasteiger partial charge in [-0.1, -0.05) is 12.1 Å². The smallest absolute Gasteiger partial charge is 0.295 e. The second-order valence-corrected chi connectivity index (χ2v) is 6.98. The molecule has 2 aromatic carbocycles. The van der Waals surface area contributed by atoms with E-state index in [0.29, 0.717) is 5.56 Å². The van der Waals surface area contributed by atoms with Crippen LogP contribution in [0, 0.1) is 20.2 Å². The highest BCUT2D eigenvalue weighted by molar-refractivity contribution is 6.46. The number of Topliss-reactive ketones (excluding diaryl/α,β-unsaturated/α-hetero) is 1. The highest BCUT2D eigenvalue weighted by atomic mass is 16.6. The number of likely N-dealkylation sites (tertiary alicyclic amines) is 1. The zero-order valence-electron chi connectivity index (χ0n) is 17.1. The maximum atomic E-state index is 12.9. The lowest BCUT2D eigenvalue weighted by Gasteiger charge is -2.25. The molecule has 2 N–H and O–H groups in total. The molecule has 0 saturated carbocycles. The van der Waals surface area contributed by atoms with E-state index in [1.165, 1.54) is 42.5 Å². The Morgan fingerprint density at radius 3 is 2.27 bits per heavy atom. The SMILES string of the molecule is O=C1C(=O)N(CCOCCO)C(c2ccc([N+](=O)[O-])cc2)/C1=C(\O)c1cccc([N+](=O)[O-])c1. The molecule has 3 rings (SSSR count). The van der Waals surface area contributed by atoms with Crippen molar-refractivity contribution in [3.05, 3.63) is 85.5 Å². The number of ether oxygens (including phenoxy) is 1. The Morgan fingerprint density at radius 2 is 1.67 bits per heavy atom. The summed E-state index contributed by atoms with van der Waals surface area (Å²) >= 11 is 0. The number of aliphatic hydroxyl groups excluding tert-OH is 2. The number of nitro benzene ring substituents is 2. The fourth-order valence-corrected chi connectivity index (χ4v) is 3.49. The van der Waals surface area contributed by atoms with Crippen LogP contribution in [0.25, 0.3) is 5.76 Å². The first-order chi connectivity index (χ1) is 15.8. The molecule has 172 valence electrons. The zero-order valence-corrected chi connectivity index (χ0v) is 17.1. The molecular formula is C21H19N3O9. The van der Waals surface area contributed by atoms with E-state index in [2.05, 4.69) is 0 Å². The number of hydrogen-bond acceptors (Lipinski definition) is 9. The van der Waals surface area contributed by atoms with Crippen molar-refractivity contribution in [2.75, 3.05) is 26.4 Å². The first-order valence-corrected chi connectivity index (χ1v) is 9.72. The van der Waals surface area contributed by atoms with Crippen LogP contribution in [0.15, 0.2) is 54.1 Å². The van der Waals surface area contributed by atoms with Crippen molar-refractivity contribution in [2.24, 2.45) is 0 Å². The molecule has 0 spiro atoms. The van der Waals surface area contributed by atoms with Crippen LogP contribution in [0.2, 0.25) is 0 Å². The number of rotatable bonds is 9. The fourth-order valence-electron chi connectivity index (χ4n) is 3.49. The minimum Gasteiger partial charge on any atom is -0.507 e.